The molecule has 3 amide bonds. The minimum atomic E-state index is -5.77. The number of anilines is 5. The lowest BCUT2D eigenvalue weighted by Gasteiger charge is -2.18. The molecular formula is C31H26ClF6N9O5. The molecule has 2 aliphatic rings. The number of benzene rings is 1. The highest BCUT2D eigenvalue weighted by Crippen LogP contribution is 2.30. The Morgan fingerprint density at radius 1 is 0.942 bits per heavy atom. The van der Waals surface area contributed by atoms with E-state index < -0.39 is 23.9 Å². The number of carbonyl (C=O) groups is 4. The first kappa shape index (κ1) is 37.5. The number of ketones is 2. The lowest BCUT2D eigenvalue weighted by Crippen LogP contribution is -2.40. The van der Waals surface area contributed by atoms with Gasteiger partial charge in [0.1, 0.15) is 5.02 Å². The maximum Gasteiger partial charge on any atom is 0.458 e. The van der Waals surface area contributed by atoms with Gasteiger partial charge in [-0.2, -0.15) is 31.3 Å². The SMILES string of the molecule is Cc1ncoc1C(=O)N1CC[C@H](NC(=O)Nc2ccc3cc2CCc2cncc(c2)Nc2ncc(Cl)c(n2)N3)C1.O=C(C(=O)C(F)(F)F)C(F)(F)F. The van der Waals surface area contributed by atoms with Gasteiger partial charge in [-0.25, -0.2) is 14.8 Å². The summed E-state index contributed by atoms with van der Waals surface area (Å²) in [4.78, 5) is 63.7. The number of nitrogens with zero attached hydrogens (tertiary/aromatic N) is 5. The van der Waals surface area contributed by atoms with Gasteiger partial charge in [-0.3, -0.25) is 19.4 Å². The molecule has 52 heavy (non-hydrogen) atoms. The van der Waals surface area contributed by atoms with Crippen molar-refractivity contribution >= 4 is 63.9 Å². The van der Waals surface area contributed by atoms with E-state index in [1.165, 1.54) is 12.6 Å². The van der Waals surface area contributed by atoms with Crippen LogP contribution in [0.5, 0.6) is 0 Å². The van der Waals surface area contributed by atoms with Gasteiger partial charge in [0.15, 0.2) is 12.2 Å². The number of pyridine rings is 1. The first-order chi connectivity index (χ1) is 24.5. The molecule has 2 aliphatic heterocycles. The Balaban J connectivity index is 0.000000376. The van der Waals surface area contributed by atoms with E-state index in [1.807, 2.05) is 30.5 Å². The molecule has 4 N–H and O–H groups in total. The van der Waals surface area contributed by atoms with Crippen LogP contribution in [0.3, 0.4) is 0 Å². The molecule has 1 atom stereocenters. The lowest BCUT2D eigenvalue weighted by molar-refractivity contribution is -0.193. The number of likely N-dealkylation sites (tertiary alicyclic amines) is 1. The van der Waals surface area contributed by atoms with Crippen molar-refractivity contribution < 1.29 is 49.9 Å². The monoisotopic (exact) mass is 753 g/mol. The fourth-order valence-electron chi connectivity index (χ4n) is 5.07. The molecule has 1 fully saturated rings. The number of oxazole rings is 1. The number of alkyl halides is 6. The van der Waals surface area contributed by atoms with Gasteiger partial charge >= 0.3 is 30.0 Å². The van der Waals surface area contributed by atoms with Gasteiger partial charge in [-0.1, -0.05) is 11.6 Å². The Kier molecular flexibility index (Phi) is 11.0. The standard InChI is InChI=1S/C27H26ClN9O3.C4F6O2/c1-15-23(40-14-31-15)25(38)37-7-6-19(13-37)34-27(39)35-22-5-4-18-9-17(22)3-2-16-8-20(11-29-10-16)33-26-30-12-21(28)24(32-18)36-26;5-3(6,7)1(11)2(12)4(8,9)10/h4-5,8-12,14,19H,2-3,6-7,13H2,1H3,(H2,34,35,39)(H2,30,32,33,36);/t19-;/m0./s1. The Labute approximate surface area is 294 Å². The Hall–Kier alpha value is -5.79. The number of Topliss-reactive ketones (excluding diaryl/α,β-unsaturated/α-hetero) is 2. The predicted octanol–water partition coefficient (Wildman–Crippen LogP) is 5.69. The third kappa shape index (κ3) is 9.30. The molecule has 1 saturated heterocycles. The van der Waals surface area contributed by atoms with Crippen LogP contribution in [0.4, 0.5) is 60.0 Å². The zero-order valence-electron chi connectivity index (χ0n) is 26.7. The summed E-state index contributed by atoms with van der Waals surface area (Å²) in [6, 6.07) is 7.12. The molecule has 4 aromatic rings. The number of halogens is 7. The van der Waals surface area contributed by atoms with Crippen LogP contribution in [0, 0.1) is 6.92 Å². The van der Waals surface area contributed by atoms with Crippen molar-refractivity contribution in [2.24, 2.45) is 0 Å². The quantitative estimate of drug-likeness (QED) is 0.148. The van der Waals surface area contributed by atoms with Gasteiger partial charge in [0.25, 0.3) is 5.91 Å². The predicted molar refractivity (Wildman–Crippen MR) is 172 cm³/mol. The summed E-state index contributed by atoms with van der Waals surface area (Å²) >= 11 is 6.35. The Morgan fingerprint density at radius 3 is 2.35 bits per heavy atom. The summed E-state index contributed by atoms with van der Waals surface area (Å²) in [7, 11) is 0. The molecule has 274 valence electrons. The van der Waals surface area contributed by atoms with Gasteiger partial charge in [0, 0.05) is 36.7 Å². The minimum Gasteiger partial charge on any atom is -0.438 e. The number of aromatic nitrogens is 4. The van der Waals surface area contributed by atoms with E-state index in [2.05, 4.69) is 41.2 Å². The first-order valence-corrected chi connectivity index (χ1v) is 15.5. The number of fused-ring (bicyclic) bond motifs is 6. The summed E-state index contributed by atoms with van der Waals surface area (Å²) in [5.74, 6) is -5.96. The molecule has 14 nitrogen and oxygen atoms in total. The zero-order chi connectivity index (χ0) is 37.8. The third-order valence-electron chi connectivity index (χ3n) is 7.57. The molecule has 6 rings (SSSR count). The van der Waals surface area contributed by atoms with E-state index >= 15 is 0 Å². The molecule has 6 bridgehead atoms. The average molecular weight is 754 g/mol. The number of aryl methyl sites for hydroxylation is 3. The summed E-state index contributed by atoms with van der Waals surface area (Å²) in [6.45, 7) is 2.64. The third-order valence-corrected chi connectivity index (χ3v) is 7.84. The largest absolute Gasteiger partial charge is 0.458 e. The summed E-state index contributed by atoms with van der Waals surface area (Å²) in [6.07, 6.45) is -3.25. The topological polar surface area (TPSA) is 184 Å². The van der Waals surface area contributed by atoms with Gasteiger partial charge in [-0.15, -0.1) is 0 Å². The van der Waals surface area contributed by atoms with E-state index in [-0.39, 0.29) is 23.7 Å². The summed E-state index contributed by atoms with van der Waals surface area (Å²) in [5, 5.41) is 12.8. The van der Waals surface area contributed by atoms with Crippen molar-refractivity contribution in [1.29, 1.82) is 0 Å². The van der Waals surface area contributed by atoms with Crippen molar-refractivity contribution in [2.75, 3.05) is 29.0 Å². The molecule has 21 heteroatoms. The van der Waals surface area contributed by atoms with E-state index in [1.54, 1.807) is 18.0 Å². The maximum absolute atomic E-state index is 13.0. The van der Waals surface area contributed by atoms with Crippen LogP contribution in [0.1, 0.15) is 33.8 Å². The molecule has 0 radical (unpaired) electrons. The van der Waals surface area contributed by atoms with Crippen molar-refractivity contribution in [1.82, 2.24) is 30.2 Å². The molecule has 0 aliphatic carbocycles. The van der Waals surface area contributed by atoms with Crippen molar-refractivity contribution in [2.45, 2.75) is 44.6 Å². The minimum absolute atomic E-state index is 0.186. The van der Waals surface area contributed by atoms with E-state index in [9.17, 15) is 45.5 Å². The van der Waals surface area contributed by atoms with Gasteiger partial charge in [0.05, 0.1) is 23.8 Å². The highest BCUT2D eigenvalue weighted by atomic mass is 35.5. The number of nitrogens with one attached hydrogen (secondary N) is 4. The van der Waals surface area contributed by atoms with E-state index in [4.69, 9.17) is 16.0 Å². The smallest absolute Gasteiger partial charge is 0.438 e. The normalized spacial score (nSPS) is 15.3. The highest BCUT2D eigenvalue weighted by molar-refractivity contribution is 6.41. The van der Waals surface area contributed by atoms with E-state index in [0.717, 1.165) is 22.5 Å². The molecule has 3 aromatic heterocycles. The number of rotatable bonds is 4. The van der Waals surface area contributed by atoms with Crippen LogP contribution >= 0.6 is 11.6 Å². The number of amides is 3. The lowest BCUT2D eigenvalue weighted by atomic mass is 10.0. The molecule has 0 spiro atoms. The number of carbonyl (C=O) groups excluding carboxylic acids is 4. The van der Waals surface area contributed by atoms with Crippen molar-refractivity contribution in [3.63, 3.8) is 0 Å². The highest BCUT2D eigenvalue weighted by Gasteiger charge is 2.54. The second-order valence-corrected chi connectivity index (χ2v) is 11.8. The summed E-state index contributed by atoms with van der Waals surface area (Å²) in [5.41, 5.74) is 4.70. The van der Waals surface area contributed by atoms with Gasteiger partial charge in [-0.05, 0) is 61.6 Å². The van der Waals surface area contributed by atoms with Crippen LogP contribution in [-0.2, 0) is 22.4 Å². The Bertz CT molecular complexity index is 1980. The van der Waals surface area contributed by atoms with Crippen LogP contribution in [0.25, 0.3) is 0 Å². The second kappa shape index (κ2) is 15.2. The molecule has 0 saturated carbocycles. The molecular weight excluding hydrogens is 728 g/mol. The number of hydrogen-bond donors (Lipinski definition) is 4. The second-order valence-electron chi connectivity index (χ2n) is 11.3. The van der Waals surface area contributed by atoms with Gasteiger partial charge in [0.2, 0.25) is 11.7 Å². The average Bonchev–Trinajstić information content (AvgIpc) is 3.73. The van der Waals surface area contributed by atoms with Crippen molar-refractivity contribution in [3.8, 4) is 0 Å². The zero-order valence-corrected chi connectivity index (χ0v) is 27.4. The van der Waals surface area contributed by atoms with Gasteiger partial charge < -0.3 is 30.6 Å². The fraction of sp³-hybridized carbons (Fsp3) is 0.290. The first-order valence-electron chi connectivity index (χ1n) is 15.1. The number of hydrogen-bond acceptors (Lipinski definition) is 11. The van der Waals surface area contributed by atoms with Crippen LogP contribution in [0.15, 0.2) is 53.7 Å². The molecule has 1 aromatic carbocycles. The maximum atomic E-state index is 13.0. The fourth-order valence-corrected chi connectivity index (χ4v) is 5.21. The molecule has 0 unspecified atom stereocenters. The summed E-state index contributed by atoms with van der Waals surface area (Å²) < 4.78 is 72.2. The van der Waals surface area contributed by atoms with Crippen molar-refractivity contribution in [3.05, 3.63) is 76.9 Å². The number of urea groups is 1. The van der Waals surface area contributed by atoms with Crippen LogP contribution < -0.4 is 21.3 Å². The van der Waals surface area contributed by atoms with Crippen LogP contribution in [0.2, 0.25) is 5.02 Å². The van der Waals surface area contributed by atoms with Crippen LogP contribution in [-0.4, -0.2) is 79.8 Å². The Morgan fingerprint density at radius 2 is 1.67 bits per heavy atom. The van der Waals surface area contributed by atoms with E-state index in [0.29, 0.717) is 60.5 Å². The molecule has 5 heterocycles.